The molecule has 1 nitrogen and oxygen atoms in total. The van der Waals surface area contributed by atoms with Crippen molar-refractivity contribution in [3.8, 4) is 0 Å². The van der Waals surface area contributed by atoms with Crippen LogP contribution in [0.2, 0.25) is 0 Å². The van der Waals surface area contributed by atoms with Crippen LogP contribution < -0.4 is 5.32 Å². The van der Waals surface area contributed by atoms with Crippen LogP contribution in [0.3, 0.4) is 0 Å². The maximum absolute atomic E-state index is 3.66. The summed E-state index contributed by atoms with van der Waals surface area (Å²) in [4.78, 5) is 0. The minimum Gasteiger partial charge on any atom is -0.314 e. The quantitative estimate of drug-likeness (QED) is 0.752. The van der Waals surface area contributed by atoms with E-state index >= 15 is 0 Å². The van der Waals surface area contributed by atoms with Crippen LogP contribution in [0.25, 0.3) is 0 Å². The first-order chi connectivity index (χ1) is 9.69. The van der Waals surface area contributed by atoms with E-state index in [-0.39, 0.29) is 0 Å². The predicted octanol–water partition coefficient (Wildman–Crippen LogP) is 4.91. The van der Waals surface area contributed by atoms with Crippen molar-refractivity contribution in [2.24, 2.45) is 5.92 Å². The molecule has 1 aliphatic carbocycles. The number of hydrogen-bond donors (Lipinski definition) is 1. The fourth-order valence-electron chi connectivity index (χ4n) is 3.49. The Balaban J connectivity index is 1.93. The first-order valence-corrected chi connectivity index (χ1v) is 8.51. The number of rotatable bonds is 5. The van der Waals surface area contributed by atoms with Crippen molar-refractivity contribution in [3.63, 3.8) is 0 Å². The zero-order valence-electron chi connectivity index (χ0n) is 13.5. The fourth-order valence-corrected chi connectivity index (χ4v) is 3.49. The summed E-state index contributed by atoms with van der Waals surface area (Å²) in [6.07, 6.45) is 8.22. The maximum atomic E-state index is 3.66. The topological polar surface area (TPSA) is 12.0 Å². The van der Waals surface area contributed by atoms with Crippen molar-refractivity contribution in [2.75, 3.05) is 6.54 Å². The Kier molecular flexibility index (Phi) is 6.09. The minimum absolute atomic E-state index is 0.639. The first kappa shape index (κ1) is 15.6. The van der Waals surface area contributed by atoms with E-state index in [4.69, 9.17) is 0 Å². The molecule has 1 heteroatoms. The monoisotopic (exact) mass is 273 g/mol. The molecule has 0 aromatic heterocycles. The van der Waals surface area contributed by atoms with Crippen LogP contribution in [0, 0.1) is 5.92 Å². The molecule has 0 amide bonds. The highest BCUT2D eigenvalue weighted by Gasteiger charge is 2.19. The molecule has 20 heavy (non-hydrogen) atoms. The number of hydrogen-bond acceptors (Lipinski definition) is 1. The second-order valence-corrected chi connectivity index (χ2v) is 6.74. The maximum Gasteiger partial charge on any atom is 0.00696 e. The Morgan fingerprint density at radius 1 is 1.10 bits per heavy atom. The molecule has 1 saturated carbocycles. The standard InChI is InChI=1S/C19H31N/c1-4-20-19-8-6-5-7-17(14-19)13-16-9-11-18(12-10-16)15(2)3/h9-12,15,17,19-20H,4-8,13-14H2,1-3H3. The molecular formula is C19H31N. The van der Waals surface area contributed by atoms with Crippen LogP contribution in [0.1, 0.15) is 69.9 Å². The van der Waals surface area contributed by atoms with Gasteiger partial charge in [0.2, 0.25) is 0 Å². The lowest BCUT2D eigenvalue weighted by molar-refractivity contribution is 0.389. The number of nitrogens with one attached hydrogen (secondary N) is 1. The van der Waals surface area contributed by atoms with E-state index in [9.17, 15) is 0 Å². The average Bonchev–Trinajstić information content (AvgIpc) is 2.65. The summed E-state index contributed by atoms with van der Waals surface area (Å²) in [5.74, 6) is 1.51. The molecule has 0 radical (unpaired) electrons. The zero-order chi connectivity index (χ0) is 14.4. The highest BCUT2D eigenvalue weighted by molar-refractivity contribution is 5.25. The van der Waals surface area contributed by atoms with Crippen LogP contribution in [0.15, 0.2) is 24.3 Å². The van der Waals surface area contributed by atoms with Crippen molar-refractivity contribution < 1.29 is 0 Å². The average molecular weight is 273 g/mol. The fraction of sp³-hybridized carbons (Fsp3) is 0.684. The molecule has 0 spiro atoms. The highest BCUT2D eigenvalue weighted by Crippen LogP contribution is 2.27. The third-order valence-corrected chi connectivity index (χ3v) is 4.70. The lowest BCUT2D eigenvalue weighted by Gasteiger charge is -2.21. The molecule has 1 aromatic carbocycles. The molecule has 0 heterocycles. The Hall–Kier alpha value is -0.820. The van der Waals surface area contributed by atoms with Crippen molar-refractivity contribution in [1.29, 1.82) is 0 Å². The molecule has 0 aliphatic heterocycles. The van der Waals surface area contributed by atoms with Gasteiger partial charge in [-0.1, -0.05) is 64.3 Å². The first-order valence-electron chi connectivity index (χ1n) is 8.51. The van der Waals surface area contributed by atoms with Gasteiger partial charge in [-0.2, -0.15) is 0 Å². The van der Waals surface area contributed by atoms with E-state index in [0.717, 1.165) is 18.5 Å². The van der Waals surface area contributed by atoms with E-state index in [1.165, 1.54) is 49.7 Å². The summed E-state index contributed by atoms with van der Waals surface area (Å²) < 4.78 is 0. The van der Waals surface area contributed by atoms with Crippen LogP contribution >= 0.6 is 0 Å². The van der Waals surface area contributed by atoms with Gasteiger partial charge >= 0.3 is 0 Å². The second kappa shape index (κ2) is 7.83. The molecule has 2 atom stereocenters. The number of benzene rings is 1. The van der Waals surface area contributed by atoms with Crippen LogP contribution in [0.4, 0.5) is 0 Å². The zero-order valence-corrected chi connectivity index (χ0v) is 13.5. The van der Waals surface area contributed by atoms with Crippen molar-refractivity contribution in [2.45, 2.75) is 71.3 Å². The summed E-state index contributed by atoms with van der Waals surface area (Å²) in [5.41, 5.74) is 2.98. The van der Waals surface area contributed by atoms with Gasteiger partial charge in [0.25, 0.3) is 0 Å². The summed E-state index contributed by atoms with van der Waals surface area (Å²) in [6.45, 7) is 7.87. The lowest BCUT2D eigenvalue weighted by atomic mass is 9.90. The Labute approximate surface area is 125 Å². The van der Waals surface area contributed by atoms with Gasteiger partial charge in [-0.05, 0) is 48.8 Å². The normalized spacial score (nSPS) is 23.8. The minimum atomic E-state index is 0.639. The van der Waals surface area contributed by atoms with E-state index < -0.39 is 0 Å². The Bertz CT molecular complexity index is 379. The largest absolute Gasteiger partial charge is 0.314 e. The molecule has 0 bridgehead atoms. The van der Waals surface area contributed by atoms with E-state index in [2.05, 4.69) is 50.4 Å². The Morgan fingerprint density at radius 2 is 1.80 bits per heavy atom. The summed E-state index contributed by atoms with van der Waals surface area (Å²) in [5, 5.41) is 3.66. The van der Waals surface area contributed by atoms with Gasteiger partial charge in [0, 0.05) is 6.04 Å². The molecular weight excluding hydrogens is 242 g/mol. The van der Waals surface area contributed by atoms with Gasteiger partial charge in [0.1, 0.15) is 0 Å². The highest BCUT2D eigenvalue weighted by atomic mass is 14.9. The van der Waals surface area contributed by atoms with E-state index in [1.54, 1.807) is 0 Å². The van der Waals surface area contributed by atoms with E-state index in [0.29, 0.717) is 5.92 Å². The van der Waals surface area contributed by atoms with Crippen molar-refractivity contribution in [1.82, 2.24) is 5.32 Å². The lowest BCUT2D eigenvalue weighted by Crippen LogP contribution is -2.30. The van der Waals surface area contributed by atoms with Crippen molar-refractivity contribution in [3.05, 3.63) is 35.4 Å². The van der Waals surface area contributed by atoms with Crippen LogP contribution in [-0.2, 0) is 6.42 Å². The van der Waals surface area contributed by atoms with Gasteiger partial charge in [-0.3, -0.25) is 0 Å². The molecule has 1 aromatic rings. The second-order valence-electron chi connectivity index (χ2n) is 6.74. The third-order valence-electron chi connectivity index (χ3n) is 4.70. The smallest absolute Gasteiger partial charge is 0.00696 e. The van der Waals surface area contributed by atoms with Gasteiger partial charge in [-0.15, -0.1) is 0 Å². The van der Waals surface area contributed by atoms with Gasteiger partial charge < -0.3 is 5.32 Å². The summed E-state index contributed by atoms with van der Waals surface area (Å²) >= 11 is 0. The molecule has 0 saturated heterocycles. The predicted molar refractivity (Wildman–Crippen MR) is 88.3 cm³/mol. The SMILES string of the molecule is CCNC1CCCCC(Cc2ccc(C(C)C)cc2)C1. The molecule has 1 fully saturated rings. The Morgan fingerprint density at radius 3 is 2.45 bits per heavy atom. The van der Waals surface area contributed by atoms with Crippen molar-refractivity contribution >= 4 is 0 Å². The van der Waals surface area contributed by atoms with Gasteiger partial charge in [0.15, 0.2) is 0 Å². The molecule has 2 unspecified atom stereocenters. The summed E-state index contributed by atoms with van der Waals surface area (Å²) in [6, 6.07) is 10.1. The molecule has 2 rings (SSSR count). The van der Waals surface area contributed by atoms with E-state index in [1.807, 2.05) is 0 Å². The third kappa shape index (κ3) is 4.63. The van der Waals surface area contributed by atoms with Gasteiger partial charge in [-0.25, -0.2) is 0 Å². The van der Waals surface area contributed by atoms with Crippen LogP contribution in [0.5, 0.6) is 0 Å². The summed E-state index contributed by atoms with van der Waals surface area (Å²) in [7, 11) is 0. The van der Waals surface area contributed by atoms with Crippen LogP contribution in [-0.4, -0.2) is 12.6 Å². The molecule has 112 valence electrons. The molecule has 1 aliphatic rings. The molecule has 1 N–H and O–H groups in total. The van der Waals surface area contributed by atoms with Gasteiger partial charge in [0.05, 0.1) is 0 Å².